The minimum absolute atomic E-state index is 0.0987. The molecule has 1 saturated heterocycles. The highest BCUT2D eigenvalue weighted by Crippen LogP contribution is 2.41. The van der Waals surface area contributed by atoms with Gasteiger partial charge in [0.2, 0.25) is 0 Å². The highest BCUT2D eigenvalue weighted by molar-refractivity contribution is 5.53. The van der Waals surface area contributed by atoms with Crippen molar-refractivity contribution in [2.45, 2.75) is 57.2 Å². The molecule has 0 radical (unpaired) electrons. The topological polar surface area (TPSA) is 44.5 Å². The lowest BCUT2D eigenvalue weighted by atomic mass is 9.90. The van der Waals surface area contributed by atoms with Gasteiger partial charge in [-0.3, -0.25) is 0 Å². The lowest BCUT2D eigenvalue weighted by Gasteiger charge is -2.38. The van der Waals surface area contributed by atoms with Crippen LogP contribution in [0.25, 0.3) is 0 Å². The molecule has 2 aliphatic rings. The second kappa shape index (κ2) is 5.04. The summed E-state index contributed by atoms with van der Waals surface area (Å²) >= 11 is 0. The van der Waals surface area contributed by atoms with Gasteiger partial charge in [-0.15, -0.1) is 0 Å². The smallest absolute Gasteiger partial charge is 0.142 e. The third-order valence-electron chi connectivity index (χ3n) is 4.43. The minimum Gasteiger partial charge on any atom is -0.488 e. The number of aryl methyl sites for hydroxylation is 1. The lowest BCUT2D eigenvalue weighted by Crippen LogP contribution is -2.41. The first kappa shape index (κ1) is 12.8. The Kier molecular flexibility index (Phi) is 3.40. The predicted molar refractivity (Wildman–Crippen MR) is 76.4 cm³/mol. The largest absolute Gasteiger partial charge is 0.488 e. The molecule has 1 unspecified atom stereocenters. The molecule has 104 valence electrons. The number of ether oxygens (including phenoxy) is 2. The van der Waals surface area contributed by atoms with E-state index in [0.717, 1.165) is 30.9 Å². The molecule has 0 aromatic heterocycles. The van der Waals surface area contributed by atoms with Gasteiger partial charge in [-0.2, -0.15) is 0 Å². The van der Waals surface area contributed by atoms with E-state index in [1.807, 2.05) is 18.2 Å². The van der Waals surface area contributed by atoms with E-state index in [0.29, 0.717) is 0 Å². The van der Waals surface area contributed by atoms with Crippen molar-refractivity contribution in [3.05, 3.63) is 23.8 Å². The number of hydrogen-bond acceptors (Lipinski definition) is 3. The summed E-state index contributed by atoms with van der Waals surface area (Å²) in [5.74, 6) is 0.833. The maximum Gasteiger partial charge on any atom is 0.142 e. The van der Waals surface area contributed by atoms with Crippen molar-refractivity contribution in [3.8, 4) is 5.75 Å². The van der Waals surface area contributed by atoms with E-state index >= 15 is 0 Å². The van der Waals surface area contributed by atoms with Crippen molar-refractivity contribution in [2.75, 3.05) is 12.3 Å². The summed E-state index contributed by atoms with van der Waals surface area (Å²) in [4.78, 5) is 0. The van der Waals surface area contributed by atoms with Gasteiger partial charge in [-0.1, -0.05) is 18.9 Å². The number of hydrogen-bond donors (Lipinski definition) is 1. The predicted octanol–water partition coefficient (Wildman–Crippen LogP) is 3.45. The quantitative estimate of drug-likeness (QED) is 0.829. The summed E-state index contributed by atoms with van der Waals surface area (Å²) < 4.78 is 12.2. The highest BCUT2D eigenvalue weighted by atomic mass is 16.5. The van der Waals surface area contributed by atoms with Crippen LogP contribution in [0.1, 0.15) is 44.1 Å². The number of nitrogen functional groups attached to an aromatic ring is 1. The van der Waals surface area contributed by atoms with Crippen LogP contribution in [0.2, 0.25) is 0 Å². The molecule has 1 aliphatic carbocycles. The maximum atomic E-state index is 6.15. The Hall–Kier alpha value is -1.22. The molecule has 3 heteroatoms. The maximum absolute atomic E-state index is 6.15. The van der Waals surface area contributed by atoms with Gasteiger partial charge in [0, 0.05) is 12.8 Å². The Morgan fingerprint density at radius 1 is 1.32 bits per heavy atom. The fourth-order valence-corrected chi connectivity index (χ4v) is 3.37. The van der Waals surface area contributed by atoms with Gasteiger partial charge in [0.25, 0.3) is 0 Å². The molecule has 1 aromatic carbocycles. The van der Waals surface area contributed by atoms with E-state index in [9.17, 15) is 0 Å². The standard InChI is InChI=1S/C16H23NO2/c1-12-4-5-14(17)15(10-12)19-13-6-9-18-16(11-13)7-2-3-8-16/h4-5,10,13H,2-3,6-9,11,17H2,1H3. The average Bonchev–Trinajstić information content (AvgIpc) is 2.82. The third-order valence-corrected chi connectivity index (χ3v) is 4.43. The monoisotopic (exact) mass is 261 g/mol. The number of anilines is 1. The van der Waals surface area contributed by atoms with Crippen LogP contribution in [-0.2, 0) is 4.74 Å². The van der Waals surface area contributed by atoms with Crippen LogP contribution in [0.3, 0.4) is 0 Å². The molecular weight excluding hydrogens is 238 g/mol. The van der Waals surface area contributed by atoms with Crippen molar-refractivity contribution in [1.82, 2.24) is 0 Å². The van der Waals surface area contributed by atoms with E-state index in [1.54, 1.807) is 0 Å². The molecule has 1 heterocycles. The zero-order valence-corrected chi connectivity index (χ0v) is 11.7. The van der Waals surface area contributed by atoms with Crippen LogP contribution in [0, 0.1) is 6.92 Å². The van der Waals surface area contributed by atoms with Crippen molar-refractivity contribution >= 4 is 5.69 Å². The van der Waals surface area contributed by atoms with E-state index in [2.05, 4.69) is 6.92 Å². The molecular formula is C16H23NO2. The SMILES string of the molecule is Cc1ccc(N)c(OC2CCOC3(CCCC3)C2)c1. The molecule has 19 heavy (non-hydrogen) atoms. The second-order valence-corrected chi connectivity index (χ2v) is 6.01. The molecule has 1 atom stereocenters. The average molecular weight is 261 g/mol. The first-order valence-corrected chi connectivity index (χ1v) is 7.34. The third kappa shape index (κ3) is 2.71. The van der Waals surface area contributed by atoms with E-state index in [1.165, 1.54) is 31.2 Å². The van der Waals surface area contributed by atoms with Crippen LogP contribution in [-0.4, -0.2) is 18.3 Å². The van der Waals surface area contributed by atoms with Gasteiger partial charge in [0.15, 0.2) is 0 Å². The highest BCUT2D eigenvalue weighted by Gasteiger charge is 2.40. The van der Waals surface area contributed by atoms with Crippen LogP contribution >= 0.6 is 0 Å². The molecule has 0 bridgehead atoms. The molecule has 1 saturated carbocycles. The summed E-state index contributed by atoms with van der Waals surface area (Å²) in [7, 11) is 0. The van der Waals surface area contributed by atoms with Crippen LogP contribution in [0.5, 0.6) is 5.75 Å². The van der Waals surface area contributed by atoms with Crippen LogP contribution < -0.4 is 10.5 Å². The van der Waals surface area contributed by atoms with Crippen LogP contribution in [0.4, 0.5) is 5.69 Å². The normalized spacial score (nSPS) is 25.6. The Morgan fingerprint density at radius 3 is 2.89 bits per heavy atom. The van der Waals surface area contributed by atoms with Gasteiger partial charge in [0.1, 0.15) is 11.9 Å². The first-order valence-electron chi connectivity index (χ1n) is 7.34. The van der Waals surface area contributed by atoms with Gasteiger partial charge < -0.3 is 15.2 Å². The van der Waals surface area contributed by atoms with Gasteiger partial charge in [-0.25, -0.2) is 0 Å². The molecule has 3 rings (SSSR count). The Labute approximate surface area is 115 Å². The molecule has 0 amide bonds. The van der Waals surface area contributed by atoms with Gasteiger partial charge >= 0.3 is 0 Å². The number of rotatable bonds is 2. The van der Waals surface area contributed by atoms with E-state index in [-0.39, 0.29) is 11.7 Å². The zero-order valence-electron chi connectivity index (χ0n) is 11.7. The number of benzene rings is 1. The fraction of sp³-hybridized carbons (Fsp3) is 0.625. The van der Waals surface area contributed by atoms with E-state index in [4.69, 9.17) is 15.2 Å². The molecule has 1 aromatic rings. The Morgan fingerprint density at radius 2 is 2.11 bits per heavy atom. The molecule has 3 nitrogen and oxygen atoms in total. The Balaban J connectivity index is 1.70. The Bertz CT molecular complexity index is 452. The van der Waals surface area contributed by atoms with Gasteiger partial charge in [0.05, 0.1) is 17.9 Å². The van der Waals surface area contributed by atoms with Gasteiger partial charge in [-0.05, 0) is 37.5 Å². The zero-order chi connectivity index (χ0) is 13.3. The van der Waals surface area contributed by atoms with Crippen molar-refractivity contribution in [3.63, 3.8) is 0 Å². The summed E-state index contributed by atoms with van der Waals surface area (Å²) in [6, 6.07) is 5.98. The molecule has 2 N–H and O–H groups in total. The molecule has 2 fully saturated rings. The van der Waals surface area contributed by atoms with Crippen molar-refractivity contribution in [1.29, 1.82) is 0 Å². The summed E-state index contributed by atoms with van der Waals surface area (Å²) in [5, 5.41) is 0. The molecule has 1 aliphatic heterocycles. The summed E-state index contributed by atoms with van der Waals surface area (Å²) in [6.45, 7) is 2.88. The summed E-state index contributed by atoms with van der Waals surface area (Å²) in [5.41, 5.74) is 8.01. The van der Waals surface area contributed by atoms with Crippen LogP contribution in [0.15, 0.2) is 18.2 Å². The molecule has 1 spiro atoms. The fourth-order valence-electron chi connectivity index (χ4n) is 3.37. The second-order valence-electron chi connectivity index (χ2n) is 6.01. The van der Waals surface area contributed by atoms with E-state index < -0.39 is 0 Å². The number of nitrogens with two attached hydrogens (primary N) is 1. The first-order chi connectivity index (χ1) is 9.17. The lowest BCUT2D eigenvalue weighted by molar-refractivity contribution is -0.108. The van der Waals surface area contributed by atoms with Crippen molar-refractivity contribution in [2.24, 2.45) is 0 Å². The minimum atomic E-state index is 0.0987. The summed E-state index contributed by atoms with van der Waals surface area (Å²) in [6.07, 6.45) is 7.19. The van der Waals surface area contributed by atoms with Crippen molar-refractivity contribution < 1.29 is 9.47 Å².